The third-order valence-electron chi connectivity index (χ3n) is 3.80. The van der Waals surface area contributed by atoms with Crippen molar-refractivity contribution in [2.24, 2.45) is 0 Å². The van der Waals surface area contributed by atoms with Gasteiger partial charge in [-0.1, -0.05) is 6.07 Å². The number of hydrogen-bond acceptors (Lipinski definition) is 5. The van der Waals surface area contributed by atoms with Gasteiger partial charge in [0.05, 0.1) is 18.3 Å². The highest BCUT2D eigenvalue weighted by Gasteiger charge is 2.31. The summed E-state index contributed by atoms with van der Waals surface area (Å²) in [7, 11) is 1.56. The fraction of sp³-hybridized carbons (Fsp3) is 0.429. The van der Waals surface area contributed by atoms with Gasteiger partial charge >= 0.3 is 11.7 Å². The number of halogens is 1. The van der Waals surface area contributed by atoms with E-state index in [4.69, 9.17) is 4.74 Å². The second kappa shape index (κ2) is 6.29. The van der Waals surface area contributed by atoms with E-state index in [1.807, 2.05) is 0 Å². The maximum Gasteiger partial charge on any atom is 0.377 e. The molecule has 1 saturated heterocycles. The van der Waals surface area contributed by atoms with Crippen molar-refractivity contribution in [3.63, 3.8) is 0 Å². The number of carbonyl (C=O) groups excluding carboxylic acids is 1. The van der Waals surface area contributed by atoms with Crippen molar-refractivity contribution in [2.45, 2.75) is 18.9 Å². The molecule has 8 nitrogen and oxygen atoms in total. The van der Waals surface area contributed by atoms with Crippen LogP contribution in [0.25, 0.3) is 5.69 Å². The summed E-state index contributed by atoms with van der Waals surface area (Å²) in [4.78, 5) is 26.4. The Bertz CT molecular complexity index is 772. The van der Waals surface area contributed by atoms with Gasteiger partial charge in [-0.05, 0) is 41.5 Å². The molecule has 1 amide bonds. The van der Waals surface area contributed by atoms with Gasteiger partial charge in [-0.2, -0.15) is 4.68 Å². The van der Waals surface area contributed by atoms with E-state index in [9.17, 15) is 14.0 Å². The highest BCUT2D eigenvalue weighted by atomic mass is 19.1. The smallest absolute Gasteiger partial charge is 0.377 e. The number of amides is 1. The predicted molar refractivity (Wildman–Crippen MR) is 78.0 cm³/mol. The van der Waals surface area contributed by atoms with E-state index in [1.54, 1.807) is 12.0 Å². The van der Waals surface area contributed by atoms with E-state index in [-0.39, 0.29) is 11.7 Å². The Hall–Kier alpha value is -2.55. The number of ether oxygens (including phenoxy) is 1. The molecule has 0 aliphatic carbocycles. The van der Waals surface area contributed by atoms with Gasteiger partial charge in [0.15, 0.2) is 0 Å². The van der Waals surface area contributed by atoms with Crippen LogP contribution in [0.1, 0.15) is 12.8 Å². The van der Waals surface area contributed by atoms with Gasteiger partial charge in [-0.3, -0.25) is 0 Å². The highest BCUT2D eigenvalue weighted by molar-refractivity contribution is 5.76. The van der Waals surface area contributed by atoms with Gasteiger partial charge in [0.2, 0.25) is 0 Å². The zero-order valence-corrected chi connectivity index (χ0v) is 12.6. The van der Waals surface area contributed by atoms with Crippen LogP contribution in [0.4, 0.5) is 9.18 Å². The quantitative estimate of drug-likeness (QED) is 0.775. The first-order valence-electron chi connectivity index (χ1n) is 7.22. The Balaban J connectivity index is 1.90. The molecule has 9 heteroatoms. The molecule has 23 heavy (non-hydrogen) atoms. The van der Waals surface area contributed by atoms with Crippen LogP contribution in [0.5, 0.6) is 0 Å². The van der Waals surface area contributed by atoms with E-state index in [0.29, 0.717) is 17.8 Å². The Morgan fingerprint density at radius 3 is 3.00 bits per heavy atom. The molecule has 1 atom stereocenters. The monoisotopic (exact) mass is 321 g/mol. The van der Waals surface area contributed by atoms with Crippen molar-refractivity contribution in [1.82, 2.24) is 24.7 Å². The second-order valence-electron chi connectivity index (χ2n) is 5.29. The van der Waals surface area contributed by atoms with Gasteiger partial charge in [0, 0.05) is 13.7 Å². The second-order valence-corrected chi connectivity index (χ2v) is 5.29. The van der Waals surface area contributed by atoms with Crippen LogP contribution in [0.15, 0.2) is 29.1 Å². The number of carbonyl (C=O) groups is 1. The first kappa shape index (κ1) is 15.3. The summed E-state index contributed by atoms with van der Waals surface area (Å²) in [6, 6.07) is 4.74. The lowest BCUT2D eigenvalue weighted by Crippen LogP contribution is -2.44. The normalized spacial score (nSPS) is 17.7. The number of tetrazole rings is 1. The van der Waals surface area contributed by atoms with Crippen LogP contribution in [0.3, 0.4) is 0 Å². The minimum absolute atomic E-state index is 0.0845. The van der Waals surface area contributed by atoms with E-state index in [0.717, 1.165) is 23.6 Å². The van der Waals surface area contributed by atoms with Gasteiger partial charge in [0.25, 0.3) is 0 Å². The lowest BCUT2D eigenvalue weighted by Gasteiger charge is -2.22. The van der Waals surface area contributed by atoms with Crippen LogP contribution in [-0.2, 0) is 4.74 Å². The van der Waals surface area contributed by atoms with Crippen LogP contribution in [0, 0.1) is 5.82 Å². The van der Waals surface area contributed by atoms with E-state index >= 15 is 0 Å². The summed E-state index contributed by atoms with van der Waals surface area (Å²) in [5.74, 6) is -0.505. The standard InChI is InChI=1S/C14H16FN5O3/c1-23-9-12-6-3-7-18(12)13(21)20-14(22)19(16-17-20)11-5-2-4-10(15)8-11/h2,4-5,8,12H,3,6-7,9H2,1H3. The lowest BCUT2D eigenvalue weighted by atomic mass is 10.2. The first-order valence-corrected chi connectivity index (χ1v) is 7.22. The molecular weight excluding hydrogens is 305 g/mol. The van der Waals surface area contributed by atoms with Crippen molar-refractivity contribution in [3.05, 3.63) is 40.6 Å². The minimum atomic E-state index is -0.733. The summed E-state index contributed by atoms with van der Waals surface area (Å²) in [6.07, 6.45) is 1.65. The molecule has 122 valence electrons. The number of rotatable bonds is 3. The molecule has 0 radical (unpaired) electrons. The minimum Gasteiger partial charge on any atom is -0.383 e. The topological polar surface area (TPSA) is 82.2 Å². The summed E-state index contributed by atoms with van der Waals surface area (Å²) in [5.41, 5.74) is -0.521. The lowest BCUT2D eigenvalue weighted by molar-refractivity contribution is 0.122. The maximum absolute atomic E-state index is 13.3. The molecule has 3 rings (SSSR count). The molecule has 2 heterocycles. The Morgan fingerprint density at radius 2 is 2.26 bits per heavy atom. The average molecular weight is 321 g/mol. The van der Waals surface area contributed by atoms with E-state index < -0.39 is 17.5 Å². The van der Waals surface area contributed by atoms with Crippen molar-refractivity contribution in [2.75, 3.05) is 20.3 Å². The number of benzene rings is 1. The fourth-order valence-corrected chi connectivity index (χ4v) is 2.71. The predicted octanol–water partition coefficient (Wildman–Crippen LogP) is 0.647. The van der Waals surface area contributed by atoms with Crippen molar-refractivity contribution in [1.29, 1.82) is 0 Å². The Morgan fingerprint density at radius 1 is 1.43 bits per heavy atom. The largest absolute Gasteiger partial charge is 0.383 e. The zero-order valence-electron chi connectivity index (χ0n) is 12.6. The summed E-state index contributed by atoms with van der Waals surface area (Å²) in [6.45, 7) is 0.935. The van der Waals surface area contributed by atoms with Gasteiger partial charge in [-0.15, -0.1) is 4.68 Å². The SMILES string of the molecule is COCC1CCCN1C(=O)n1nnn(-c2cccc(F)c2)c1=O. The molecule has 1 unspecified atom stereocenters. The Labute approximate surface area is 131 Å². The summed E-state index contributed by atoms with van der Waals surface area (Å²) in [5, 5.41) is 7.29. The summed E-state index contributed by atoms with van der Waals surface area (Å²) >= 11 is 0. The maximum atomic E-state index is 13.3. The average Bonchev–Trinajstić information content (AvgIpc) is 3.14. The molecule has 0 bridgehead atoms. The highest BCUT2D eigenvalue weighted by Crippen LogP contribution is 2.18. The molecule has 2 aromatic rings. The number of nitrogens with zero attached hydrogens (tertiary/aromatic N) is 5. The van der Waals surface area contributed by atoms with Gasteiger partial charge in [-0.25, -0.2) is 14.0 Å². The first-order chi connectivity index (χ1) is 11.1. The van der Waals surface area contributed by atoms with Crippen molar-refractivity contribution >= 4 is 6.03 Å². The number of hydrogen-bond donors (Lipinski definition) is 0. The molecule has 1 aromatic carbocycles. The molecule has 1 aromatic heterocycles. The van der Waals surface area contributed by atoms with Crippen LogP contribution < -0.4 is 5.69 Å². The molecule has 1 fully saturated rings. The van der Waals surface area contributed by atoms with Crippen LogP contribution >= 0.6 is 0 Å². The molecule has 1 aliphatic rings. The van der Waals surface area contributed by atoms with Crippen LogP contribution in [-0.4, -0.2) is 57.0 Å². The fourth-order valence-electron chi connectivity index (χ4n) is 2.71. The van der Waals surface area contributed by atoms with Crippen molar-refractivity contribution < 1.29 is 13.9 Å². The zero-order chi connectivity index (χ0) is 16.4. The third-order valence-corrected chi connectivity index (χ3v) is 3.80. The van der Waals surface area contributed by atoms with Gasteiger partial charge in [0.1, 0.15) is 5.82 Å². The Kier molecular flexibility index (Phi) is 4.20. The number of aromatic nitrogens is 4. The van der Waals surface area contributed by atoms with E-state index in [2.05, 4.69) is 10.4 Å². The summed E-state index contributed by atoms with van der Waals surface area (Å²) < 4.78 is 20.0. The molecular formula is C14H16FN5O3. The third kappa shape index (κ3) is 2.87. The molecule has 0 spiro atoms. The van der Waals surface area contributed by atoms with Gasteiger partial charge < -0.3 is 9.64 Å². The van der Waals surface area contributed by atoms with E-state index in [1.165, 1.54) is 18.2 Å². The molecule has 0 saturated carbocycles. The number of likely N-dealkylation sites (tertiary alicyclic amines) is 1. The molecule has 0 N–H and O–H groups in total. The number of methoxy groups -OCH3 is 1. The van der Waals surface area contributed by atoms with Crippen molar-refractivity contribution in [3.8, 4) is 5.69 Å². The van der Waals surface area contributed by atoms with Crippen LogP contribution in [0.2, 0.25) is 0 Å². The molecule has 1 aliphatic heterocycles.